The lowest BCUT2D eigenvalue weighted by Crippen LogP contribution is -2.19. The fourth-order valence-corrected chi connectivity index (χ4v) is 8.72. The zero-order valence-corrected chi connectivity index (χ0v) is 31.3. The average Bonchev–Trinajstić information content (AvgIpc) is 3.47. The molecule has 1 heterocycles. The lowest BCUT2D eigenvalue weighted by molar-refractivity contribution is 0.670. The first-order chi connectivity index (χ1) is 27.0. The maximum Gasteiger partial charge on any atom is 0.159 e. The van der Waals surface area contributed by atoms with Gasteiger partial charge >= 0.3 is 0 Å². The Labute approximate surface area is 321 Å². The molecule has 0 N–H and O–H groups in total. The van der Waals surface area contributed by atoms with Crippen molar-refractivity contribution in [3.05, 3.63) is 193 Å². The highest BCUT2D eigenvalue weighted by atomic mass is 16.3. The lowest BCUT2D eigenvalue weighted by Gasteiger charge is -2.29. The van der Waals surface area contributed by atoms with Gasteiger partial charge in [0, 0.05) is 44.2 Å². The van der Waals surface area contributed by atoms with Crippen molar-refractivity contribution >= 4 is 77.0 Å². The molecule has 0 unspecified atom stereocenters. The van der Waals surface area contributed by atoms with Gasteiger partial charge in [0.25, 0.3) is 0 Å². The van der Waals surface area contributed by atoms with Crippen LogP contribution in [-0.2, 0) is 0 Å². The Hall–Kier alpha value is -6.84. The number of fused-ring (bicyclic) bond motifs is 3. The predicted octanol–water partition coefficient (Wildman–Crippen LogP) is 15.1. The summed E-state index contributed by atoms with van der Waals surface area (Å²) < 4.78 is 7.04. The normalized spacial score (nSPS) is 13.1. The van der Waals surface area contributed by atoms with Crippen LogP contribution in [0.1, 0.15) is 25.8 Å². The summed E-state index contributed by atoms with van der Waals surface area (Å²) in [5, 5.41) is 9.52. The van der Waals surface area contributed by atoms with Crippen molar-refractivity contribution in [3.8, 4) is 11.1 Å². The first-order valence-electron chi connectivity index (χ1n) is 19.0. The zero-order valence-electron chi connectivity index (χ0n) is 31.3. The molecule has 0 bridgehead atoms. The third-order valence-corrected chi connectivity index (χ3v) is 11.2. The number of hydrogen-bond acceptors (Lipinski definition) is 3. The Kier molecular flexibility index (Phi) is 7.71. The highest BCUT2D eigenvalue weighted by Crippen LogP contribution is 2.49. The van der Waals surface area contributed by atoms with Gasteiger partial charge in [0.1, 0.15) is 5.58 Å². The topological polar surface area (TPSA) is 19.6 Å². The Morgan fingerprint density at radius 2 is 1.22 bits per heavy atom. The largest absolute Gasteiger partial charge is 0.453 e. The van der Waals surface area contributed by atoms with Crippen molar-refractivity contribution in [2.45, 2.75) is 27.2 Å². The van der Waals surface area contributed by atoms with E-state index in [1.807, 2.05) is 0 Å². The van der Waals surface area contributed by atoms with E-state index in [1.165, 1.54) is 49.0 Å². The zero-order chi connectivity index (χ0) is 37.2. The SMILES string of the molecule is C=C(C)N(C1=CCC=CC(C)=C1)c1ccc2ccc3c(N(c4ccccc4)c4cccc5c4oc4c(-c6ccccc6C)cccc45)ccc4ccc1c2c43. The Morgan fingerprint density at radius 1 is 0.582 bits per heavy atom. The van der Waals surface area contributed by atoms with Gasteiger partial charge in [-0.1, -0.05) is 134 Å². The van der Waals surface area contributed by atoms with E-state index in [4.69, 9.17) is 4.42 Å². The van der Waals surface area contributed by atoms with E-state index in [0.29, 0.717) is 0 Å². The molecule has 0 amide bonds. The van der Waals surface area contributed by atoms with Crippen LogP contribution in [-0.4, -0.2) is 0 Å². The number of rotatable bonds is 7. The average molecular weight is 709 g/mol. The van der Waals surface area contributed by atoms with Crippen LogP contribution >= 0.6 is 0 Å². The molecule has 0 radical (unpaired) electrons. The van der Waals surface area contributed by atoms with Gasteiger partial charge in [0.15, 0.2) is 5.58 Å². The molecule has 0 aliphatic heterocycles. The van der Waals surface area contributed by atoms with Crippen molar-refractivity contribution in [3.63, 3.8) is 0 Å². The number of hydrogen-bond donors (Lipinski definition) is 0. The van der Waals surface area contributed by atoms with Crippen molar-refractivity contribution in [2.75, 3.05) is 9.80 Å². The minimum absolute atomic E-state index is 0.863. The Morgan fingerprint density at radius 3 is 1.96 bits per heavy atom. The number of anilines is 4. The summed E-state index contributed by atoms with van der Waals surface area (Å²) in [6.07, 6.45) is 9.84. The quantitative estimate of drug-likeness (QED) is 0.154. The van der Waals surface area contributed by atoms with Crippen LogP contribution in [0, 0.1) is 6.92 Å². The van der Waals surface area contributed by atoms with Crippen LogP contribution in [0.3, 0.4) is 0 Å². The van der Waals surface area contributed by atoms with E-state index >= 15 is 0 Å². The molecule has 0 spiro atoms. The lowest BCUT2D eigenvalue weighted by atomic mass is 9.91. The highest BCUT2D eigenvalue weighted by molar-refractivity contribution is 6.28. The van der Waals surface area contributed by atoms with Gasteiger partial charge in [0.05, 0.1) is 17.1 Å². The third-order valence-electron chi connectivity index (χ3n) is 11.2. The van der Waals surface area contributed by atoms with Gasteiger partial charge in [-0.25, -0.2) is 0 Å². The maximum atomic E-state index is 7.04. The van der Waals surface area contributed by atoms with Crippen LogP contribution in [0.25, 0.3) is 65.4 Å². The monoisotopic (exact) mass is 708 g/mol. The molecule has 0 saturated carbocycles. The van der Waals surface area contributed by atoms with E-state index in [-0.39, 0.29) is 0 Å². The van der Waals surface area contributed by atoms with Crippen LogP contribution < -0.4 is 9.80 Å². The van der Waals surface area contributed by atoms with E-state index in [0.717, 1.165) is 68.1 Å². The summed E-state index contributed by atoms with van der Waals surface area (Å²) in [5.74, 6) is 0. The van der Waals surface area contributed by atoms with Gasteiger partial charge in [-0.15, -0.1) is 0 Å². The van der Waals surface area contributed by atoms with Crippen LogP contribution in [0.15, 0.2) is 192 Å². The van der Waals surface area contributed by atoms with Crippen molar-refractivity contribution in [1.29, 1.82) is 0 Å². The molecule has 0 saturated heterocycles. The number of para-hydroxylation sites is 3. The summed E-state index contributed by atoms with van der Waals surface area (Å²) in [6.45, 7) is 10.9. The maximum absolute atomic E-state index is 7.04. The number of benzene rings is 8. The third kappa shape index (κ3) is 5.26. The fourth-order valence-electron chi connectivity index (χ4n) is 8.72. The van der Waals surface area contributed by atoms with E-state index in [1.54, 1.807) is 0 Å². The second kappa shape index (κ2) is 12.9. The number of nitrogens with zero attached hydrogens (tertiary/aromatic N) is 2. The second-order valence-electron chi connectivity index (χ2n) is 14.7. The Bertz CT molecular complexity index is 3070. The molecule has 1 aromatic heterocycles. The van der Waals surface area contributed by atoms with Crippen LogP contribution in [0.2, 0.25) is 0 Å². The standard InChI is InChI=1S/C52H40N2O/c1-33(2)53(39-18-10-8-14-34(3)32-39)46-30-26-36-25-29-45-47(31-27-37-24-28-44(46)49(36)50(37)45)54(38-16-6-5-7-17-38)48-23-13-22-43-42-21-12-20-41(51(42)55-52(43)48)40-19-11-9-15-35(40)4/h5-9,11-32H,1,10H2,2-4H3. The van der Waals surface area contributed by atoms with E-state index < -0.39 is 0 Å². The van der Waals surface area contributed by atoms with Gasteiger partial charge in [-0.05, 0) is 102 Å². The molecule has 55 heavy (non-hydrogen) atoms. The molecule has 0 fully saturated rings. The number of allylic oxidation sites excluding steroid dienone is 6. The second-order valence-corrected chi connectivity index (χ2v) is 14.7. The van der Waals surface area contributed by atoms with Crippen LogP contribution in [0.5, 0.6) is 0 Å². The van der Waals surface area contributed by atoms with Gasteiger partial charge in [-0.3, -0.25) is 0 Å². The first-order valence-corrected chi connectivity index (χ1v) is 19.0. The molecular weight excluding hydrogens is 669 g/mol. The predicted molar refractivity (Wildman–Crippen MR) is 235 cm³/mol. The van der Waals surface area contributed by atoms with Crippen molar-refractivity contribution in [2.24, 2.45) is 0 Å². The number of furan rings is 1. The Balaban J connectivity index is 1.23. The van der Waals surface area contributed by atoms with Gasteiger partial charge < -0.3 is 14.2 Å². The van der Waals surface area contributed by atoms with Gasteiger partial charge in [-0.2, -0.15) is 0 Å². The molecule has 3 heteroatoms. The van der Waals surface area contributed by atoms with Crippen molar-refractivity contribution in [1.82, 2.24) is 0 Å². The molecule has 1 aliphatic rings. The smallest absolute Gasteiger partial charge is 0.159 e. The van der Waals surface area contributed by atoms with E-state index in [2.05, 4.69) is 201 Å². The molecular formula is C52H40N2O. The molecule has 264 valence electrons. The summed E-state index contributed by atoms with van der Waals surface area (Å²) in [6, 6.07) is 50.4. The number of aryl methyl sites for hydroxylation is 1. The van der Waals surface area contributed by atoms with Gasteiger partial charge in [0.2, 0.25) is 0 Å². The summed E-state index contributed by atoms with van der Waals surface area (Å²) in [5.41, 5.74) is 12.9. The first kappa shape index (κ1) is 32.8. The molecule has 10 rings (SSSR count). The minimum Gasteiger partial charge on any atom is -0.453 e. The molecule has 1 aliphatic carbocycles. The summed E-state index contributed by atoms with van der Waals surface area (Å²) >= 11 is 0. The highest BCUT2D eigenvalue weighted by Gasteiger charge is 2.24. The minimum atomic E-state index is 0.863. The van der Waals surface area contributed by atoms with Crippen LogP contribution in [0.4, 0.5) is 22.7 Å². The van der Waals surface area contributed by atoms with E-state index in [9.17, 15) is 0 Å². The molecule has 3 nitrogen and oxygen atoms in total. The summed E-state index contributed by atoms with van der Waals surface area (Å²) in [4.78, 5) is 4.69. The van der Waals surface area contributed by atoms with Crippen molar-refractivity contribution < 1.29 is 4.42 Å². The summed E-state index contributed by atoms with van der Waals surface area (Å²) in [7, 11) is 0. The fraction of sp³-hybridized carbons (Fsp3) is 0.0769. The molecule has 8 aromatic carbocycles. The molecule has 0 atom stereocenters. The molecule has 9 aromatic rings.